The molecule has 122 valence electrons. The van der Waals surface area contributed by atoms with Gasteiger partial charge in [-0.05, 0) is 24.6 Å². The van der Waals surface area contributed by atoms with Gasteiger partial charge in [0.2, 0.25) is 0 Å². The molecule has 0 aliphatic heterocycles. The normalized spacial score (nSPS) is 10.7. The summed E-state index contributed by atoms with van der Waals surface area (Å²) < 4.78 is 36.2. The van der Waals surface area contributed by atoms with Crippen LogP contribution in [0.15, 0.2) is 23.1 Å². The number of rotatable bonds is 8. The Bertz CT molecular complexity index is 655. The summed E-state index contributed by atoms with van der Waals surface area (Å²) >= 11 is 0. The number of carboxylic acid groups (broad SMARTS) is 1. The number of carbonyl (C=O) groups excluding carboxylic acids is 1. The van der Waals surface area contributed by atoms with Crippen molar-refractivity contribution in [3.05, 3.63) is 36.2 Å². The van der Waals surface area contributed by atoms with Crippen LogP contribution in [0.25, 0.3) is 0 Å². The Kier molecular flexibility index (Phi) is 9.64. The zero-order valence-corrected chi connectivity index (χ0v) is 15.6. The molecule has 0 radical (unpaired) electrons. The Hall–Kier alpha value is -0.930. The molecule has 0 heterocycles. The summed E-state index contributed by atoms with van der Waals surface area (Å²) in [5.74, 6) is -2.27. The molecule has 1 aromatic carbocycles. The molecule has 0 bridgehead atoms. The molecule has 0 saturated carbocycles. The van der Waals surface area contributed by atoms with Crippen molar-refractivity contribution < 1.29 is 62.0 Å². The number of ether oxygens (including phenoxy) is 1. The first-order valence-corrected chi connectivity index (χ1v) is 8.02. The van der Waals surface area contributed by atoms with Gasteiger partial charge in [-0.1, -0.05) is 12.8 Å². The van der Waals surface area contributed by atoms with Crippen molar-refractivity contribution in [1.82, 2.24) is 0 Å². The van der Waals surface area contributed by atoms with Crippen LogP contribution in [0, 0.1) is 6.92 Å². The van der Waals surface area contributed by atoms with Crippen LogP contribution in [0.4, 0.5) is 0 Å². The smallest absolute Gasteiger partial charge is 0.478 e. The van der Waals surface area contributed by atoms with Crippen LogP contribution in [-0.2, 0) is 14.9 Å². The predicted molar refractivity (Wildman–Crippen MR) is 77.3 cm³/mol. The molecule has 7 nitrogen and oxygen atoms in total. The van der Waals surface area contributed by atoms with Crippen LogP contribution >= 0.6 is 0 Å². The molecule has 23 heavy (non-hydrogen) atoms. The Morgan fingerprint density at radius 2 is 1.70 bits per heavy atom. The predicted octanol–water partition coefficient (Wildman–Crippen LogP) is -0.813. The third-order valence-corrected chi connectivity index (χ3v) is 3.65. The average molecular weight is 352 g/mol. The second-order valence-corrected chi connectivity index (χ2v) is 6.00. The first kappa shape index (κ1) is 22.1. The number of unbranched alkanes of at least 4 members (excludes halogenated alkanes) is 3. The van der Waals surface area contributed by atoms with Crippen LogP contribution in [0.2, 0.25) is 0 Å². The number of carbonyl (C=O) groups is 2. The van der Waals surface area contributed by atoms with Gasteiger partial charge in [-0.15, -0.1) is 0 Å². The maximum atomic E-state index is 11.8. The molecule has 2 N–H and O–H groups in total. The van der Waals surface area contributed by atoms with E-state index in [1.54, 1.807) is 0 Å². The van der Waals surface area contributed by atoms with Crippen molar-refractivity contribution in [3.63, 3.8) is 0 Å². The third kappa shape index (κ3) is 7.45. The van der Waals surface area contributed by atoms with E-state index in [1.807, 2.05) is 0 Å². The fourth-order valence-electron chi connectivity index (χ4n) is 1.69. The fraction of sp³-hybridized carbons (Fsp3) is 0.357. The first-order valence-electron chi connectivity index (χ1n) is 6.58. The maximum Gasteiger partial charge on any atom is 1.00 e. The van der Waals surface area contributed by atoms with Crippen molar-refractivity contribution in [2.75, 3.05) is 6.61 Å². The summed E-state index contributed by atoms with van der Waals surface area (Å²) in [5, 5.41) is 8.92. The molecule has 0 fully saturated rings. The van der Waals surface area contributed by atoms with Gasteiger partial charge in [0.05, 0.1) is 22.6 Å². The van der Waals surface area contributed by atoms with E-state index in [4.69, 9.17) is 14.4 Å². The Labute approximate surface area is 157 Å². The summed E-state index contributed by atoms with van der Waals surface area (Å²) in [6.45, 7) is 3.82. The molecule has 0 unspecified atom stereocenters. The fourth-order valence-corrected chi connectivity index (χ4v) is 2.24. The molecular formula is C14H17NaO7S. The van der Waals surface area contributed by atoms with Gasteiger partial charge in [-0.3, -0.25) is 4.55 Å². The molecule has 1 rings (SSSR count). The second-order valence-electron chi connectivity index (χ2n) is 4.58. The van der Waals surface area contributed by atoms with Crippen molar-refractivity contribution in [2.24, 2.45) is 0 Å². The molecule has 1 aromatic rings. The average Bonchev–Trinajstić information content (AvgIpc) is 2.45. The molecule has 0 aliphatic rings. The monoisotopic (exact) mass is 352 g/mol. The Morgan fingerprint density at radius 1 is 1.09 bits per heavy atom. The van der Waals surface area contributed by atoms with Gasteiger partial charge < -0.3 is 16.8 Å². The summed E-state index contributed by atoms with van der Waals surface area (Å²) in [5.41, 5.74) is -0.677. The van der Waals surface area contributed by atoms with Gasteiger partial charge >= 0.3 is 41.5 Å². The standard InChI is InChI=1S/C14H17O7S.Na/c1-2-3-4-5-6-21-14(17)11-7-10(13(15)16)8-12(9-11)22(18,19)20;/h7-9H,1-6H2,(H,15,16)(H,18,19,20);/q-1;+1. The van der Waals surface area contributed by atoms with Crippen LogP contribution in [-0.4, -0.2) is 36.6 Å². The summed E-state index contributed by atoms with van der Waals surface area (Å²) in [6.07, 6.45) is 3.15. The van der Waals surface area contributed by atoms with Crippen LogP contribution in [0.1, 0.15) is 46.4 Å². The molecule has 0 spiro atoms. The zero-order chi connectivity index (χ0) is 16.8. The SMILES string of the molecule is [CH2-]CCCCCOC(=O)c1cc(C(=O)O)cc(S(=O)(=O)O)c1.[Na+]. The number of esters is 1. The number of carboxylic acids is 1. The van der Waals surface area contributed by atoms with Crippen molar-refractivity contribution in [3.8, 4) is 0 Å². The van der Waals surface area contributed by atoms with E-state index in [0.29, 0.717) is 6.42 Å². The van der Waals surface area contributed by atoms with E-state index < -0.39 is 32.5 Å². The summed E-state index contributed by atoms with van der Waals surface area (Å²) in [6, 6.07) is 2.64. The zero-order valence-electron chi connectivity index (χ0n) is 12.8. The quantitative estimate of drug-likeness (QED) is 0.206. The summed E-state index contributed by atoms with van der Waals surface area (Å²) in [4.78, 5) is 22.1. The topological polar surface area (TPSA) is 118 Å². The number of benzene rings is 1. The Balaban J connectivity index is 0.00000484. The molecule has 0 atom stereocenters. The minimum Gasteiger partial charge on any atom is -0.478 e. The van der Waals surface area contributed by atoms with Gasteiger partial charge in [0.1, 0.15) is 0 Å². The van der Waals surface area contributed by atoms with E-state index in [-0.39, 0.29) is 41.7 Å². The number of hydrogen-bond donors (Lipinski definition) is 2. The molecule has 0 aromatic heterocycles. The van der Waals surface area contributed by atoms with Crippen LogP contribution < -0.4 is 29.6 Å². The van der Waals surface area contributed by atoms with Crippen molar-refractivity contribution in [1.29, 1.82) is 0 Å². The largest absolute Gasteiger partial charge is 1.00 e. The van der Waals surface area contributed by atoms with E-state index in [9.17, 15) is 18.0 Å². The van der Waals surface area contributed by atoms with Gasteiger partial charge in [-0.25, -0.2) is 9.59 Å². The van der Waals surface area contributed by atoms with Crippen molar-refractivity contribution in [2.45, 2.75) is 30.6 Å². The van der Waals surface area contributed by atoms with Crippen LogP contribution in [0.3, 0.4) is 0 Å². The van der Waals surface area contributed by atoms with E-state index in [1.165, 1.54) is 0 Å². The molecular weight excluding hydrogens is 335 g/mol. The van der Waals surface area contributed by atoms with Gasteiger partial charge in [0.25, 0.3) is 10.1 Å². The molecule has 0 saturated heterocycles. The maximum absolute atomic E-state index is 11.8. The van der Waals surface area contributed by atoms with Crippen molar-refractivity contribution >= 4 is 22.1 Å². The first-order chi connectivity index (χ1) is 10.3. The molecule has 0 amide bonds. The number of hydrogen-bond acceptors (Lipinski definition) is 5. The van der Waals surface area contributed by atoms with E-state index >= 15 is 0 Å². The van der Waals surface area contributed by atoms with E-state index in [2.05, 4.69) is 6.92 Å². The van der Waals surface area contributed by atoms with Crippen LogP contribution in [0.5, 0.6) is 0 Å². The molecule has 0 aliphatic carbocycles. The van der Waals surface area contributed by atoms with E-state index in [0.717, 1.165) is 37.5 Å². The second kappa shape index (κ2) is 10.0. The van der Waals surface area contributed by atoms with Gasteiger partial charge in [0.15, 0.2) is 0 Å². The summed E-state index contributed by atoms with van der Waals surface area (Å²) in [7, 11) is -4.63. The minimum absolute atomic E-state index is 0. The number of aromatic carboxylic acids is 1. The third-order valence-electron chi connectivity index (χ3n) is 2.81. The molecule has 9 heteroatoms. The minimum atomic E-state index is -4.63. The Morgan fingerprint density at radius 3 is 2.22 bits per heavy atom. The van der Waals surface area contributed by atoms with Gasteiger partial charge in [0, 0.05) is 0 Å². The van der Waals surface area contributed by atoms with Gasteiger partial charge in [-0.2, -0.15) is 14.8 Å².